The lowest BCUT2D eigenvalue weighted by atomic mass is 9.99. The van der Waals surface area contributed by atoms with E-state index in [9.17, 15) is 20.4 Å². The topological polar surface area (TPSA) is 138 Å². The van der Waals surface area contributed by atoms with E-state index in [0.717, 1.165) is 0 Å². The van der Waals surface area contributed by atoms with Crippen molar-refractivity contribution in [2.75, 3.05) is 27.4 Å². The fourth-order valence-corrected chi connectivity index (χ4v) is 2.55. The Morgan fingerprint density at radius 1 is 1.04 bits per heavy atom. The molecule has 1 aromatic carbocycles. The Balaban J connectivity index is 2.00. The first-order valence-electron chi connectivity index (χ1n) is 7.75. The third kappa shape index (κ3) is 4.39. The Kier molecular flexibility index (Phi) is 6.96. The predicted octanol–water partition coefficient (Wildman–Crippen LogP) is -1.45. The number of methoxy groups -OCH3 is 2. The van der Waals surface area contributed by atoms with Gasteiger partial charge in [-0.25, -0.2) is 0 Å². The average molecular weight is 360 g/mol. The summed E-state index contributed by atoms with van der Waals surface area (Å²) in [5.74, 6) is 0.945. The highest BCUT2D eigenvalue weighted by atomic mass is 16.7. The summed E-state index contributed by atoms with van der Waals surface area (Å²) in [5.41, 5.74) is 0.488. The van der Waals surface area contributed by atoms with Gasteiger partial charge in [-0.1, -0.05) is 6.07 Å². The van der Waals surface area contributed by atoms with Crippen LogP contribution < -0.4 is 9.47 Å². The van der Waals surface area contributed by atoms with Crippen LogP contribution >= 0.6 is 0 Å². The second-order valence-corrected chi connectivity index (χ2v) is 5.66. The van der Waals surface area contributed by atoms with E-state index in [1.807, 2.05) is 0 Å². The molecule has 0 saturated carbocycles. The summed E-state index contributed by atoms with van der Waals surface area (Å²) in [6.07, 6.45) is -7.95. The van der Waals surface area contributed by atoms with Crippen molar-refractivity contribution >= 4 is 0 Å². The van der Waals surface area contributed by atoms with Crippen LogP contribution in [0.4, 0.5) is 0 Å². The SMILES string of the molecule is COc1ccc(C(O)CO[C@@H]2O[C@H](CO)[C@@H](O)[C@H](O)[C@H]2O)cc1OC. The number of rotatable bonds is 7. The zero-order valence-corrected chi connectivity index (χ0v) is 14.0. The Hall–Kier alpha value is -1.46. The van der Waals surface area contributed by atoms with E-state index in [1.54, 1.807) is 18.2 Å². The fourth-order valence-electron chi connectivity index (χ4n) is 2.55. The van der Waals surface area contributed by atoms with Crippen molar-refractivity contribution in [2.45, 2.75) is 36.8 Å². The minimum atomic E-state index is -1.53. The average Bonchev–Trinajstić information content (AvgIpc) is 2.64. The smallest absolute Gasteiger partial charge is 0.186 e. The van der Waals surface area contributed by atoms with E-state index < -0.39 is 43.4 Å². The number of hydrogen-bond acceptors (Lipinski definition) is 9. The lowest BCUT2D eigenvalue weighted by Crippen LogP contribution is -2.59. The molecule has 6 atom stereocenters. The Labute approximate surface area is 145 Å². The molecule has 0 aliphatic carbocycles. The molecule has 1 unspecified atom stereocenters. The lowest BCUT2D eigenvalue weighted by Gasteiger charge is -2.39. The predicted molar refractivity (Wildman–Crippen MR) is 84.2 cm³/mol. The highest BCUT2D eigenvalue weighted by molar-refractivity contribution is 5.43. The van der Waals surface area contributed by atoms with Gasteiger partial charge in [-0.3, -0.25) is 0 Å². The lowest BCUT2D eigenvalue weighted by molar-refractivity contribution is -0.304. The van der Waals surface area contributed by atoms with Crippen LogP contribution in [0.15, 0.2) is 18.2 Å². The van der Waals surface area contributed by atoms with Gasteiger partial charge in [0.25, 0.3) is 0 Å². The maximum Gasteiger partial charge on any atom is 0.186 e. The highest BCUT2D eigenvalue weighted by Gasteiger charge is 2.44. The molecule has 2 rings (SSSR count). The van der Waals surface area contributed by atoms with Crippen LogP contribution in [0.3, 0.4) is 0 Å². The van der Waals surface area contributed by atoms with Crippen molar-refractivity contribution in [3.63, 3.8) is 0 Å². The van der Waals surface area contributed by atoms with E-state index in [1.165, 1.54) is 14.2 Å². The number of aliphatic hydroxyl groups excluding tert-OH is 5. The molecule has 1 aromatic rings. The molecule has 0 spiro atoms. The molecule has 1 aliphatic heterocycles. The molecule has 1 aliphatic rings. The summed E-state index contributed by atoms with van der Waals surface area (Å²) in [6, 6.07) is 4.84. The van der Waals surface area contributed by atoms with E-state index >= 15 is 0 Å². The number of ether oxygens (including phenoxy) is 4. The van der Waals surface area contributed by atoms with Gasteiger partial charge in [-0.15, -0.1) is 0 Å². The third-order valence-corrected chi connectivity index (χ3v) is 4.06. The van der Waals surface area contributed by atoms with E-state index in [4.69, 9.17) is 24.1 Å². The van der Waals surface area contributed by atoms with Gasteiger partial charge in [0.2, 0.25) is 0 Å². The Morgan fingerprint density at radius 2 is 1.72 bits per heavy atom. The Morgan fingerprint density at radius 3 is 2.32 bits per heavy atom. The zero-order valence-electron chi connectivity index (χ0n) is 14.0. The molecule has 0 aromatic heterocycles. The Bertz CT molecular complexity index is 550. The second-order valence-electron chi connectivity index (χ2n) is 5.66. The first kappa shape index (κ1) is 19.9. The number of benzene rings is 1. The third-order valence-electron chi connectivity index (χ3n) is 4.06. The van der Waals surface area contributed by atoms with Gasteiger partial charge < -0.3 is 44.5 Å². The number of aliphatic hydroxyl groups is 5. The molecule has 142 valence electrons. The van der Waals surface area contributed by atoms with Crippen LogP contribution in [0.25, 0.3) is 0 Å². The van der Waals surface area contributed by atoms with Crippen LogP contribution in [-0.2, 0) is 9.47 Å². The van der Waals surface area contributed by atoms with Crippen molar-refractivity contribution in [1.29, 1.82) is 0 Å². The minimum Gasteiger partial charge on any atom is -0.493 e. The molecule has 0 amide bonds. The van der Waals surface area contributed by atoms with Gasteiger partial charge in [0.1, 0.15) is 30.5 Å². The van der Waals surface area contributed by atoms with Gasteiger partial charge in [0, 0.05) is 0 Å². The molecule has 0 bridgehead atoms. The molecule has 25 heavy (non-hydrogen) atoms. The summed E-state index contributed by atoms with van der Waals surface area (Å²) in [7, 11) is 2.97. The molecule has 9 heteroatoms. The van der Waals surface area contributed by atoms with E-state index in [-0.39, 0.29) is 6.61 Å². The normalized spacial score (nSPS) is 30.8. The summed E-state index contributed by atoms with van der Waals surface area (Å²) >= 11 is 0. The molecule has 9 nitrogen and oxygen atoms in total. The first-order chi connectivity index (χ1) is 11.9. The van der Waals surface area contributed by atoms with Crippen LogP contribution in [-0.4, -0.2) is 83.7 Å². The summed E-state index contributed by atoms with van der Waals surface area (Å²) < 4.78 is 20.8. The van der Waals surface area contributed by atoms with Gasteiger partial charge in [0.05, 0.1) is 27.4 Å². The van der Waals surface area contributed by atoms with E-state index in [0.29, 0.717) is 17.1 Å². The van der Waals surface area contributed by atoms with Crippen LogP contribution in [0.5, 0.6) is 11.5 Å². The molecule has 1 heterocycles. The van der Waals surface area contributed by atoms with Crippen molar-refractivity contribution in [3.05, 3.63) is 23.8 Å². The van der Waals surface area contributed by atoms with Gasteiger partial charge in [-0.2, -0.15) is 0 Å². The maximum absolute atomic E-state index is 10.2. The van der Waals surface area contributed by atoms with Crippen molar-refractivity contribution in [2.24, 2.45) is 0 Å². The van der Waals surface area contributed by atoms with E-state index in [2.05, 4.69) is 0 Å². The largest absolute Gasteiger partial charge is 0.493 e. The zero-order chi connectivity index (χ0) is 18.6. The fraction of sp³-hybridized carbons (Fsp3) is 0.625. The van der Waals surface area contributed by atoms with Gasteiger partial charge >= 0.3 is 0 Å². The molecule has 0 radical (unpaired) electrons. The van der Waals surface area contributed by atoms with Crippen LogP contribution in [0.1, 0.15) is 11.7 Å². The molecular formula is C16H24O9. The number of hydrogen-bond donors (Lipinski definition) is 5. The van der Waals surface area contributed by atoms with Gasteiger partial charge in [0.15, 0.2) is 17.8 Å². The van der Waals surface area contributed by atoms with Crippen LogP contribution in [0, 0.1) is 0 Å². The van der Waals surface area contributed by atoms with Crippen molar-refractivity contribution < 1.29 is 44.5 Å². The van der Waals surface area contributed by atoms with Crippen LogP contribution in [0.2, 0.25) is 0 Å². The second kappa shape index (κ2) is 8.77. The van der Waals surface area contributed by atoms with Crippen molar-refractivity contribution in [1.82, 2.24) is 0 Å². The van der Waals surface area contributed by atoms with Crippen molar-refractivity contribution in [3.8, 4) is 11.5 Å². The first-order valence-corrected chi connectivity index (χ1v) is 7.75. The molecule has 5 N–H and O–H groups in total. The highest BCUT2D eigenvalue weighted by Crippen LogP contribution is 2.30. The minimum absolute atomic E-state index is 0.252. The molecule has 1 fully saturated rings. The molecular weight excluding hydrogens is 336 g/mol. The maximum atomic E-state index is 10.2. The summed E-state index contributed by atoms with van der Waals surface area (Å²) in [6.45, 7) is -0.804. The summed E-state index contributed by atoms with van der Waals surface area (Å²) in [5, 5.41) is 48.7. The molecule has 1 saturated heterocycles. The standard InChI is InChI=1S/C16H24O9/c1-22-10-4-3-8(5-11(10)23-2)9(18)7-24-16-15(21)14(20)13(19)12(6-17)25-16/h3-5,9,12-21H,6-7H2,1-2H3/t9?,12-,13-,14+,15-,16-/m1/s1. The quantitative estimate of drug-likeness (QED) is 0.395. The summed E-state index contributed by atoms with van der Waals surface area (Å²) in [4.78, 5) is 0. The van der Waals surface area contributed by atoms with Gasteiger partial charge in [-0.05, 0) is 17.7 Å². The monoisotopic (exact) mass is 360 g/mol.